The van der Waals surface area contributed by atoms with E-state index in [1.165, 1.54) is 0 Å². The topological polar surface area (TPSA) is 62.7 Å². The molecule has 0 amide bonds. The van der Waals surface area contributed by atoms with Crippen molar-refractivity contribution in [1.29, 1.82) is 5.26 Å². The minimum atomic E-state index is 0. The predicted molar refractivity (Wildman–Crippen MR) is 51.3 cm³/mol. The molecule has 12 heavy (non-hydrogen) atoms. The van der Waals surface area contributed by atoms with E-state index < -0.39 is 0 Å². The molecule has 2 N–H and O–H groups in total. The Kier molecular flexibility index (Phi) is 7.86. The molecule has 66 valence electrons. The van der Waals surface area contributed by atoms with Crippen LogP contribution in [0.4, 0.5) is 0 Å². The quantitative estimate of drug-likeness (QED) is 0.752. The SMILES string of the molecule is Cl.Cl.N#Cc1ccc(CN)cn1. The van der Waals surface area contributed by atoms with E-state index in [9.17, 15) is 0 Å². The fraction of sp³-hybridized carbons (Fsp3) is 0.143. The van der Waals surface area contributed by atoms with Crippen LogP contribution < -0.4 is 5.73 Å². The van der Waals surface area contributed by atoms with Crippen molar-refractivity contribution < 1.29 is 0 Å². The Hall–Kier alpha value is -0.820. The smallest absolute Gasteiger partial charge is 0.140 e. The predicted octanol–water partition coefficient (Wildman–Crippen LogP) is 1.26. The van der Waals surface area contributed by atoms with Crippen LogP contribution in [0.5, 0.6) is 0 Å². The Labute approximate surface area is 83.4 Å². The number of nitriles is 1. The molecule has 1 aromatic rings. The lowest BCUT2D eigenvalue weighted by atomic mass is 10.2. The number of hydrogen-bond donors (Lipinski definition) is 1. The monoisotopic (exact) mass is 205 g/mol. The van der Waals surface area contributed by atoms with Gasteiger partial charge >= 0.3 is 0 Å². The summed E-state index contributed by atoms with van der Waals surface area (Å²) in [6.07, 6.45) is 1.61. The number of hydrogen-bond acceptors (Lipinski definition) is 3. The third kappa shape index (κ3) is 3.54. The van der Waals surface area contributed by atoms with Gasteiger partial charge in [-0.3, -0.25) is 0 Å². The summed E-state index contributed by atoms with van der Waals surface area (Å²) in [5.41, 5.74) is 6.69. The molecular formula is C7H9Cl2N3. The Morgan fingerprint density at radius 1 is 1.42 bits per heavy atom. The van der Waals surface area contributed by atoms with Gasteiger partial charge in [0.15, 0.2) is 0 Å². The molecule has 3 nitrogen and oxygen atoms in total. The first kappa shape index (κ1) is 13.7. The minimum absolute atomic E-state index is 0. The Balaban J connectivity index is 0. The van der Waals surface area contributed by atoms with Gasteiger partial charge in [0.2, 0.25) is 0 Å². The molecule has 0 saturated carbocycles. The minimum Gasteiger partial charge on any atom is -0.326 e. The van der Waals surface area contributed by atoms with Gasteiger partial charge in [-0.1, -0.05) is 6.07 Å². The van der Waals surface area contributed by atoms with Gasteiger partial charge in [0.05, 0.1) is 0 Å². The van der Waals surface area contributed by atoms with E-state index in [1.54, 1.807) is 18.3 Å². The maximum absolute atomic E-state index is 8.36. The van der Waals surface area contributed by atoms with E-state index in [-0.39, 0.29) is 24.8 Å². The second-order valence-electron chi connectivity index (χ2n) is 1.87. The van der Waals surface area contributed by atoms with E-state index in [0.717, 1.165) is 5.56 Å². The number of pyridine rings is 1. The van der Waals surface area contributed by atoms with Crippen LogP contribution in [-0.4, -0.2) is 4.98 Å². The second kappa shape index (κ2) is 6.86. The fourth-order valence-corrected chi connectivity index (χ4v) is 0.611. The molecule has 0 aliphatic rings. The van der Waals surface area contributed by atoms with Crippen molar-refractivity contribution in [2.24, 2.45) is 5.73 Å². The number of halogens is 2. The van der Waals surface area contributed by atoms with E-state index in [4.69, 9.17) is 11.0 Å². The molecule has 0 aliphatic heterocycles. The summed E-state index contributed by atoms with van der Waals surface area (Å²) in [6.45, 7) is 0.471. The van der Waals surface area contributed by atoms with Crippen molar-refractivity contribution in [1.82, 2.24) is 4.98 Å². The first-order chi connectivity index (χ1) is 4.86. The maximum Gasteiger partial charge on any atom is 0.140 e. The zero-order valence-corrected chi connectivity index (χ0v) is 7.86. The summed E-state index contributed by atoms with van der Waals surface area (Å²) in [7, 11) is 0. The lowest BCUT2D eigenvalue weighted by Crippen LogP contribution is -1.96. The number of aromatic nitrogens is 1. The Morgan fingerprint density at radius 2 is 2.08 bits per heavy atom. The Morgan fingerprint density at radius 3 is 2.42 bits per heavy atom. The largest absolute Gasteiger partial charge is 0.326 e. The summed E-state index contributed by atoms with van der Waals surface area (Å²) >= 11 is 0. The molecule has 1 heterocycles. The van der Waals surface area contributed by atoms with Crippen molar-refractivity contribution in [2.45, 2.75) is 6.54 Å². The lowest BCUT2D eigenvalue weighted by Gasteiger charge is -1.92. The van der Waals surface area contributed by atoms with Crippen molar-refractivity contribution >= 4 is 24.8 Å². The van der Waals surface area contributed by atoms with Crippen LogP contribution in [-0.2, 0) is 6.54 Å². The van der Waals surface area contributed by atoms with Gasteiger partial charge in [-0.15, -0.1) is 24.8 Å². The first-order valence-electron chi connectivity index (χ1n) is 2.92. The highest BCUT2D eigenvalue weighted by Crippen LogP contribution is 1.96. The lowest BCUT2D eigenvalue weighted by molar-refractivity contribution is 1.04. The molecule has 0 atom stereocenters. The molecule has 0 aliphatic carbocycles. The highest BCUT2D eigenvalue weighted by atomic mass is 35.5. The third-order valence-corrected chi connectivity index (χ3v) is 1.17. The molecule has 1 rings (SSSR count). The van der Waals surface area contributed by atoms with Gasteiger partial charge in [0.1, 0.15) is 11.8 Å². The zero-order chi connectivity index (χ0) is 7.40. The first-order valence-corrected chi connectivity index (χ1v) is 2.92. The average Bonchev–Trinajstić information content (AvgIpc) is 2.05. The van der Waals surface area contributed by atoms with Crippen LogP contribution in [0.15, 0.2) is 18.3 Å². The summed E-state index contributed by atoms with van der Waals surface area (Å²) in [4.78, 5) is 3.83. The normalized spacial score (nSPS) is 7.33. The highest BCUT2D eigenvalue weighted by molar-refractivity contribution is 5.85. The average molecular weight is 206 g/mol. The summed E-state index contributed by atoms with van der Waals surface area (Å²) < 4.78 is 0. The van der Waals surface area contributed by atoms with Gasteiger partial charge in [0.25, 0.3) is 0 Å². The second-order valence-corrected chi connectivity index (χ2v) is 1.87. The number of nitrogens with zero attached hydrogens (tertiary/aromatic N) is 2. The molecule has 0 radical (unpaired) electrons. The maximum atomic E-state index is 8.36. The Bertz CT molecular complexity index is 252. The molecular weight excluding hydrogens is 197 g/mol. The third-order valence-electron chi connectivity index (χ3n) is 1.17. The van der Waals surface area contributed by atoms with Crippen molar-refractivity contribution in [3.8, 4) is 6.07 Å². The van der Waals surface area contributed by atoms with Crippen molar-refractivity contribution in [2.75, 3.05) is 0 Å². The summed E-state index contributed by atoms with van der Waals surface area (Å²) in [6, 6.07) is 5.38. The molecule has 5 heteroatoms. The van der Waals surface area contributed by atoms with Crippen LogP contribution >= 0.6 is 24.8 Å². The highest BCUT2D eigenvalue weighted by Gasteiger charge is 1.90. The van der Waals surface area contributed by atoms with Crippen LogP contribution in [0.2, 0.25) is 0 Å². The van der Waals surface area contributed by atoms with E-state index in [0.29, 0.717) is 12.2 Å². The van der Waals surface area contributed by atoms with Crippen LogP contribution in [0.25, 0.3) is 0 Å². The van der Waals surface area contributed by atoms with Crippen molar-refractivity contribution in [3.63, 3.8) is 0 Å². The number of rotatable bonds is 1. The van der Waals surface area contributed by atoms with Gasteiger partial charge < -0.3 is 5.73 Å². The van der Waals surface area contributed by atoms with Gasteiger partial charge in [-0.05, 0) is 11.6 Å². The molecule has 1 aromatic heterocycles. The number of nitrogens with two attached hydrogens (primary N) is 1. The van der Waals surface area contributed by atoms with E-state index in [2.05, 4.69) is 4.98 Å². The van der Waals surface area contributed by atoms with E-state index in [1.807, 2.05) is 6.07 Å². The molecule has 0 bridgehead atoms. The van der Waals surface area contributed by atoms with Crippen molar-refractivity contribution in [3.05, 3.63) is 29.6 Å². The zero-order valence-electron chi connectivity index (χ0n) is 6.23. The summed E-state index contributed by atoms with van der Waals surface area (Å²) in [5.74, 6) is 0. The molecule has 0 fully saturated rings. The van der Waals surface area contributed by atoms with E-state index >= 15 is 0 Å². The molecule has 0 unspecified atom stereocenters. The van der Waals surface area contributed by atoms with Crippen LogP contribution in [0.3, 0.4) is 0 Å². The van der Waals surface area contributed by atoms with Crippen LogP contribution in [0.1, 0.15) is 11.3 Å². The van der Waals surface area contributed by atoms with Crippen LogP contribution in [0, 0.1) is 11.3 Å². The fourth-order valence-electron chi connectivity index (χ4n) is 0.611. The van der Waals surface area contributed by atoms with Gasteiger partial charge in [0, 0.05) is 12.7 Å². The summed E-state index contributed by atoms with van der Waals surface area (Å²) in [5, 5.41) is 8.36. The molecule has 0 spiro atoms. The molecule has 0 saturated heterocycles. The van der Waals surface area contributed by atoms with Gasteiger partial charge in [-0.25, -0.2) is 4.98 Å². The van der Waals surface area contributed by atoms with Gasteiger partial charge in [-0.2, -0.15) is 5.26 Å². The molecule has 0 aromatic carbocycles. The standard InChI is InChI=1S/C7H7N3.2ClH/c8-3-6-1-2-7(4-9)10-5-6;;/h1-2,5H,3,8H2;2*1H.